The molecule has 2 aliphatic heterocycles. The van der Waals surface area contributed by atoms with E-state index in [1.165, 1.54) is 38.6 Å². The summed E-state index contributed by atoms with van der Waals surface area (Å²) in [5.41, 5.74) is 0. The highest BCUT2D eigenvalue weighted by molar-refractivity contribution is 9.09. The van der Waals surface area contributed by atoms with E-state index >= 15 is 0 Å². The third-order valence-corrected chi connectivity index (χ3v) is 4.06. The standard InChI is InChI=1S/C10H18BrN/c1-2-5-12-9-3-4-10(12)7-8(11)6-9/h8-10H,2-7H2,1H3. The number of rotatable bonds is 2. The fourth-order valence-electron chi connectivity index (χ4n) is 2.83. The fourth-order valence-corrected chi connectivity index (χ4v) is 3.69. The summed E-state index contributed by atoms with van der Waals surface area (Å²) in [5, 5.41) is 0. The molecule has 2 atom stereocenters. The lowest BCUT2D eigenvalue weighted by molar-refractivity contribution is 0.146. The maximum atomic E-state index is 3.76. The van der Waals surface area contributed by atoms with Gasteiger partial charge in [-0.3, -0.25) is 4.90 Å². The summed E-state index contributed by atoms with van der Waals surface area (Å²) in [6, 6.07) is 1.82. The lowest BCUT2D eigenvalue weighted by Gasteiger charge is -2.36. The Labute approximate surface area is 83.6 Å². The molecule has 0 aromatic carbocycles. The van der Waals surface area contributed by atoms with Crippen molar-refractivity contribution in [2.24, 2.45) is 0 Å². The molecule has 2 rings (SSSR count). The van der Waals surface area contributed by atoms with Crippen LogP contribution in [-0.4, -0.2) is 28.4 Å². The lowest BCUT2D eigenvalue weighted by Crippen LogP contribution is -2.43. The predicted octanol–water partition coefficient (Wildman–Crippen LogP) is 2.79. The number of piperidine rings is 1. The zero-order valence-electron chi connectivity index (χ0n) is 7.80. The van der Waals surface area contributed by atoms with E-state index in [1.807, 2.05) is 0 Å². The minimum Gasteiger partial charge on any atom is -0.297 e. The molecule has 2 heterocycles. The van der Waals surface area contributed by atoms with Gasteiger partial charge in [-0.1, -0.05) is 22.9 Å². The van der Waals surface area contributed by atoms with Crippen molar-refractivity contribution in [3.63, 3.8) is 0 Å². The molecule has 2 fully saturated rings. The highest BCUT2D eigenvalue weighted by Crippen LogP contribution is 2.38. The third-order valence-electron chi connectivity index (χ3n) is 3.31. The first kappa shape index (κ1) is 9.01. The molecule has 1 nitrogen and oxygen atoms in total. The molecule has 0 aliphatic carbocycles. The van der Waals surface area contributed by atoms with Gasteiger partial charge in [0.25, 0.3) is 0 Å². The molecule has 2 bridgehead atoms. The molecule has 0 aromatic heterocycles. The van der Waals surface area contributed by atoms with Crippen LogP contribution in [0.2, 0.25) is 0 Å². The van der Waals surface area contributed by atoms with E-state index in [0.717, 1.165) is 16.9 Å². The first-order valence-corrected chi connectivity index (χ1v) is 6.12. The SMILES string of the molecule is CCCN1C2CCC1CC(Br)C2. The molecule has 0 amide bonds. The molecular formula is C10H18BrN. The Kier molecular flexibility index (Phi) is 2.75. The van der Waals surface area contributed by atoms with Gasteiger partial charge in [-0.05, 0) is 38.6 Å². The zero-order chi connectivity index (χ0) is 8.55. The van der Waals surface area contributed by atoms with Gasteiger partial charge < -0.3 is 0 Å². The highest BCUT2D eigenvalue weighted by Gasteiger charge is 2.38. The number of alkyl halides is 1. The molecule has 2 aliphatic rings. The summed E-state index contributed by atoms with van der Waals surface area (Å²) >= 11 is 3.76. The first-order valence-electron chi connectivity index (χ1n) is 5.21. The Balaban J connectivity index is 1.99. The third kappa shape index (κ3) is 1.56. The van der Waals surface area contributed by atoms with Crippen LogP contribution in [0.25, 0.3) is 0 Å². The predicted molar refractivity (Wildman–Crippen MR) is 55.8 cm³/mol. The quantitative estimate of drug-likeness (QED) is 0.662. The molecule has 0 aromatic rings. The van der Waals surface area contributed by atoms with Crippen molar-refractivity contribution in [3.8, 4) is 0 Å². The molecule has 2 saturated heterocycles. The molecular weight excluding hydrogens is 214 g/mol. The van der Waals surface area contributed by atoms with Crippen LogP contribution in [0.1, 0.15) is 39.0 Å². The molecule has 0 spiro atoms. The van der Waals surface area contributed by atoms with Crippen LogP contribution >= 0.6 is 15.9 Å². The van der Waals surface area contributed by atoms with Crippen LogP contribution in [0.4, 0.5) is 0 Å². The van der Waals surface area contributed by atoms with Gasteiger partial charge in [0.1, 0.15) is 0 Å². The molecule has 2 unspecified atom stereocenters. The Bertz CT molecular complexity index is 146. The van der Waals surface area contributed by atoms with Crippen LogP contribution in [-0.2, 0) is 0 Å². The van der Waals surface area contributed by atoms with E-state index in [-0.39, 0.29) is 0 Å². The summed E-state index contributed by atoms with van der Waals surface area (Å²) < 4.78 is 0. The minimum absolute atomic E-state index is 0.808. The van der Waals surface area contributed by atoms with E-state index in [1.54, 1.807) is 0 Å². The summed E-state index contributed by atoms with van der Waals surface area (Å²) in [7, 11) is 0. The van der Waals surface area contributed by atoms with Crippen molar-refractivity contribution in [1.82, 2.24) is 4.90 Å². The van der Waals surface area contributed by atoms with Crippen LogP contribution in [0, 0.1) is 0 Å². The van der Waals surface area contributed by atoms with Crippen molar-refractivity contribution in [3.05, 3.63) is 0 Å². The van der Waals surface area contributed by atoms with E-state index in [2.05, 4.69) is 27.8 Å². The topological polar surface area (TPSA) is 3.24 Å². The highest BCUT2D eigenvalue weighted by atomic mass is 79.9. The van der Waals surface area contributed by atoms with Crippen molar-refractivity contribution in [1.29, 1.82) is 0 Å². The molecule has 70 valence electrons. The van der Waals surface area contributed by atoms with Gasteiger partial charge in [-0.15, -0.1) is 0 Å². The maximum absolute atomic E-state index is 3.76. The van der Waals surface area contributed by atoms with Crippen molar-refractivity contribution in [2.45, 2.75) is 55.9 Å². The number of hydrogen-bond donors (Lipinski definition) is 0. The Morgan fingerprint density at radius 1 is 1.25 bits per heavy atom. The monoisotopic (exact) mass is 231 g/mol. The Morgan fingerprint density at radius 2 is 1.83 bits per heavy atom. The van der Waals surface area contributed by atoms with E-state index in [4.69, 9.17) is 0 Å². The van der Waals surface area contributed by atoms with Crippen molar-refractivity contribution >= 4 is 15.9 Å². The smallest absolute Gasteiger partial charge is 0.0175 e. The van der Waals surface area contributed by atoms with Crippen LogP contribution in [0.5, 0.6) is 0 Å². The van der Waals surface area contributed by atoms with Crippen LogP contribution in [0.3, 0.4) is 0 Å². The lowest BCUT2D eigenvalue weighted by atomic mass is 10.0. The first-order chi connectivity index (χ1) is 5.81. The number of nitrogens with zero attached hydrogens (tertiary/aromatic N) is 1. The number of fused-ring (bicyclic) bond motifs is 2. The van der Waals surface area contributed by atoms with Gasteiger partial charge in [-0.25, -0.2) is 0 Å². The van der Waals surface area contributed by atoms with Gasteiger partial charge in [0.15, 0.2) is 0 Å². The van der Waals surface area contributed by atoms with Crippen molar-refractivity contribution in [2.75, 3.05) is 6.54 Å². The second-order valence-electron chi connectivity index (χ2n) is 4.19. The summed E-state index contributed by atoms with van der Waals surface area (Å²) in [5.74, 6) is 0. The van der Waals surface area contributed by atoms with Gasteiger partial charge in [0.05, 0.1) is 0 Å². The molecule has 2 heteroatoms. The normalized spacial score (nSPS) is 42.0. The average Bonchev–Trinajstić information content (AvgIpc) is 2.32. The van der Waals surface area contributed by atoms with Crippen molar-refractivity contribution < 1.29 is 0 Å². The molecule has 0 N–H and O–H groups in total. The maximum Gasteiger partial charge on any atom is 0.0175 e. The van der Waals surface area contributed by atoms with Gasteiger partial charge in [0.2, 0.25) is 0 Å². The fraction of sp³-hybridized carbons (Fsp3) is 1.00. The Hall–Kier alpha value is 0.440. The summed E-state index contributed by atoms with van der Waals surface area (Å²) in [6.45, 7) is 3.62. The molecule has 12 heavy (non-hydrogen) atoms. The van der Waals surface area contributed by atoms with E-state index < -0.39 is 0 Å². The summed E-state index contributed by atoms with van der Waals surface area (Å²) in [4.78, 5) is 3.56. The zero-order valence-corrected chi connectivity index (χ0v) is 9.39. The number of halogens is 1. The second-order valence-corrected chi connectivity index (χ2v) is 5.49. The van der Waals surface area contributed by atoms with Gasteiger partial charge in [0, 0.05) is 16.9 Å². The number of hydrogen-bond acceptors (Lipinski definition) is 1. The summed E-state index contributed by atoms with van der Waals surface area (Å²) in [6.07, 6.45) is 6.99. The van der Waals surface area contributed by atoms with Gasteiger partial charge in [-0.2, -0.15) is 0 Å². The van der Waals surface area contributed by atoms with E-state index in [0.29, 0.717) is 0 Å². The average molecular weight is 232 g/mol. The second kappa shape index (κ2) is 3.67. The molecule has 0 saturated carbocycles. The van der Waals surface area contributed by atoms with Gasteiger partial charge >= 0.3 is 0 Å². The Morgan fingerprint density at radius 3 is 2.33 bits per heavy atom. The van der Waals surface area contributed by atoms with Crippen LogP contribution in [0.15, 0.2) is 0 Å². The minimum atomic E-state index is 0.808. The van der Waals surface area contributed by atoms with E-state index in [9.17, 15) is 0 Å². The molecule has 0 radical (unpaired) electrons. The van der Waals surface area contributed by atoms with Crippen LogP contribution < -0.4 is 0 Å². The largest absolute Gasteiger partial charge is 0.297 e.